The first-order valence-corrected chi connectivity index (χ1v) is 5.98. The van der Waals surface area contributed by atoms with Crippen LogP contribution in [0.4, 0.5) is 0 Å². The standard InChI is InChI=1S/C13H20N2/c14-9-8-13(6-2-1-3-7-13)12-4-10-15-11-5-12/h4-5,10-11H,1-3,6-9,14H2. The molecular weight excluding hydrogens is 184 g/mol. The summed E-state index contributed by atoms with van der Waals surface area (Å²) in [6.07, 6.45) is 11.6. The van der Waals surface area contributed by atoms with Crippen molar-refractivity contribution in [1.29, 1.82) is 0 Å². The second kappa shape index (κ2) is 4.75. The summed E-state index contributed by atoms with van der Waals surface area (Å²) in [5.41, 5.74) is 7.57. The van der Waals surface area contributed by atoms with Crippen LogP contribution >= 0.6 is 0 Å². The minimum atomic E-state index is 0.357. The average Bonchev–Trinajstić information content (AvgIpc) is 2.32. The summed E-state index contributed by atoms with van der Waals surface area (Å²) < 4.78 is 0. The van der Waals surface area contributed by atoms with Crippen LogP contribution in [-0.2, 0) is 5.41 Å². The number of rotatable bonds is 3. The predicted octanol–water partition coefficient (Wildman–Crippen LogP) is 2.63. The maximum Gasteiger partial charge on any atom is 0.0270 e. The fraction of sp³-hybridized carbons (Fsp3) is 0.615. The highest BCUT2D eigenvalue weighted by atomic mass is 14.6. The average molecular weight is 204 g/mol. The third-order valence-electron chi connectivity index (χ3n) is 3.73. The number of nitrogens with two attached hydrogens (primary N) is 1. The molecule has 82 valence electrons. The number of aromatic nitrogens is 1. The minimum Gasteiger partial charge on any atom is -0.330 e. The van der Waals surface area contributed by atoms with Crippen molar-refractivity contribution in [2.45, 2.75) is 43.9 Å². The van der Waals surface area contributed by atoms with Crippen LogP contribution in [0.3, 0.4) is 0 Å². The van der Waals surface area contributed by atoms with Gasteiger partial charge in [-0.15, -0.1) is 0 Å². The van der Waals surface area contributed by atoms with Crippen LogP contribution < -0.4 is 5.73 Å². The molecule has 0 atom stereocenters. The van der Waals surface area contributed by atoms with Gasteiger partial charge in [0.25, 0.3) is 0 Å². The Kier molecular flexibility index (Phi) is 3.37. The molecule has 0 radical (unpaired) electrons. The van der Waals surface area contributed by atoms with Gasteiger partial charge in [-0.05, 0) is 48.9 Å². The van der Waals surface area contributed by atoms with Crippen LogP contribution in [0.2, 0.25) is 0 Å². The van der Waals surface area contributed by atoms with Crippen LogP contribution in [0.5, 0.6) is 0 Å². The zero-order chi connectivity index (χ0) is 10.6. The summed E-state index contributed by atoms with van der Waals surface area (Å²) in [6, 6.07) is 4.34. The summed E-state index contributed by atoms with van der Waals surface area (Å²) in [4.78, 5) is 4.10. The monoisotopic (exact) mass is 204 g/mol. The van der Waals surface area contributed by atoms with Gasteiger partial charge < -0.3 is 5.73 Å². The van der Waals surface area contributed by atoms with Gasteiger partial charge in [0, 0.05) is 12.4 Å². The van der Waals surface area contributed by atoms with E-state index in [0.29, 0.717) is 5.41 Å². The highest BCUT2D eigenvalue weighted by Crippen LogP contribution is 2.41. The topological polar surface area (TPSA) is 38.9 Å². The molecule has 0 amide bonds. The maximum absolute atomic E-state index is 5.77. The highest BCUT2D eigenvalue weighted by molar-refractivity contribution is 5.23. The number of hydrogen-bond acceptors (Lipinski definition) is 2. The highest BCUT2D eigenvalue weighted by Gasteiger charge is 2.32. The van der Waals surface area contributed by atoms with Gasteiger partial charge in [-0.2, -0.15) is 0 Å². The minimum absolute atomic E-state index is 0.357. The van der Waals surface area contributed by atoms with Crippen molar-refractivity contribution >= 4 is 0 Å². The molecule has 2 heteroatoms. The molecule has 2 rings (SSSR count). The lowest BCUT2D eigenvalue weighted by molar-refractivity contribution is 0.277. The summed E-state index contributed by atoms with van der Waals surface area (Å²) >= 11 is 0. The number of hydrogen-bond donors (Lipinski definition) is 1. The first-order chi connectivity index (χ1) is 7.37. The van der Waals surface area contributed by atoms with Crippen molar-refractivity contribution in [1.82, 2.24) is 4.98 Å². The van der Waals surface area contributed by atoms with E-state index in [9.17, 15) is 0 Å². The van der Waals surface area contributed by atoms with Gasteiger partial charge in [0.15, 0.2) is 0 Å². The quantitative estimate of drug-likeness (QED) is 0.822. The van der Waals surface area contributed by atoms with E-state index in [1.807, 2.05) is 12.4 Å². The lowest BCUT2D eigenvalue weighted by atomic mass is 9.68. The number of nitrogens with zero attached hydrogens (tertiary/aromatic N) is 1. The first-order valence-electron chi connectivity index (χ1n) is 5.98. The molecule has 1 aliphatic rings. The van der Waals surface area contributed by atoms with Gasteiger partial charge in [0.05, 0.1) is 0 Å². The third-order valence-corrected chi connectivity index (χ3v) is 3.73. The Labute approximate surface area is 91.9 Å². The lowest BCUT2D eigenvalue weighted by Gasteiger charge is -2.37. The molecule has 0 spiro atoms. The van der Waals surface area contributed by atoms with Gasteiger partial charge in [-0.3, -0.25) is 4.98 Å². The molecular formula is C13H20N2. The normalized spacial score (nSPS) is 20.1. The van der Waals surface area contributed by atoms with Crippen molar-refractivity contribution in [3.8, 4) is 0 Å². The van der Waals surface area contributed by atoms with Gasteiger partial charge in [0.2, 0.25) is 0 Å². The molecule has 0 aromatic carbocycles. The molecule has 2 nitrogen and oxygen atoms in total. The first kappa shape index (κ1) is 10.6. The van der Waals surface area contributed by atoms with Gasteiger partial charge in [-0.1, -0.05) is 19.3 Å². The summed E-state index contributed by atoms with van der Waals surface area (Å²) in [5, 5.41) is 0. The van der Waals surface area contributed by atoms with Gasteiger partial charge in [-0.25, -0.2) is 0 Å². The van der Waals surface area contributed by atoms with E-state index in [1.165, 1.54) is 37.7 Å². The van der Waals surface area contributed by atoms with Crippen molar-refractivity contribution < 1.29 is 0 Å². The van der Waals surface area contributed by atoms with Crippen molar-refractivity contribution in [3.63, 3.8) is 0 Å². The van der Waals surface area contributed by atoms with Crippen LogP contribution in [0.1, 0.15) is 44.1 Å². The van der Waals surface area contributed by atoms with E-state index in [1.54, 1.807) is 0 Å². The summed E-state index contributed by atoms with van der Waals surface area (Å²) in [7, 11) is 0. The molecule has 0 bridgehead atoms. The zero-order valence-electron chi connectivity index (χ0n) is 9.28. The largest absolute Gasteiger partial charge is 0.330 e. The van der Waals surface area contributed by atoms with Crippen LogP contribution in [0, 0.1) is 0 Å². The van der Waals surface area contributed by atoms with Crippen LogP contribution in [0.25, 0.3) is 0 Å². The van der Waals surface area contributed by atoms with E-state index < -0.39 is 0 Å². The molecule has 1 aromatic heterocycles. The van der Waals surface area contributed by atoms with Crippen molar-refractivity contribution in [2.75, 3.05) is 6.54 Å². The summed E-state index contributed by atoms with van der Waals surface area (Å²) in [5.74, 6) is 0. The molecule has 1 aromatic rings. The number of pyridine rings is 1. The molecule has 1 saturated carbocycles. The van der Waals surface area contributed by atoms with Crippen molar-refractivity contribution in [3.05, 3.63) is 30.1 Å². The van der Waals surface area contributed by atoms with Gasteiger partial charge in [0.1, 0.15) is 0 Å². The fourth-order valence-electron chi connectivity index (χ4n) is 2.89. The molecule has 0 saturated heterocycles. The Morgan fingerprint density at radius 1 is 1.13 bits per heavy atom. The molecule has 0 aliphatic heterocycles. The second-order valence-electron chi connectivity index (χ2n) is 4.62. The van der Waals surface area contributed by atoms with E-state index in [0.717, 1.165) is 13.0 Å². The fourth-order valence-corrected chi connectivity index (χ4v) is 2.89. The van der Waals surface area contributed by atoms with Crippen molar-refractivity contribution in [2.24, 2.45) is 5.73 Å². The van der Waals surface area contributed by atoms with Crippen LogP contribution in [-0.4, -0.2) is 11.5 Å². The Balaban J connectivity index is 2.25. The smallest absolute Gasteiger partial charge is 0.0270 e. The van der Waals surface area contributed by atoms with E-state index >= 15 is 0 Å². The maximum atomic E-state index is 5.77. The molecule has 0 unspecified atom stereocenters. The summed E-state index contributed by atoms with van der Waals surface area (Å²) in [6.45, 7) is 0.794. The van der Waals surface area contributed by atoms with E-state index in [2.05, 4.69) is 17.1 Å². The molecule has 15 heavy (non-hydrogen) atoms. The van der Waals surface area contributed by atoms with Gasteiger partial charge >= 0.3 is 0 Å². The zero-order valence-corrected chi connectivity index (χ0v) is 9.28. The molecule has 1 fully saturated rings. The third kappa shape index (κ3) is 2.20. The van der Waals surface area contributed by atoms with E-state index in [4.69, 9.17) is 5.73 Å². The predicted molar refractivity (Wildman–Crippen MR) is 62.7 cm³/mol. The second-order valence-corrected chi connectivity index (χ2v) is 4.62. The Hall–Kier alpha value is -0.890. The SMILES string of the molecule is NCCC1(c2ccncc2)CCCCC1. The molecule has 1 aliphatic carbocycles. The van der Waals surface area contributed by atoms with E-state index in [-0.39, 0.29) is 0 Å². The Morgan fingerprint density at radius 3 is 2.40 bits per heavy atom. The lowest BCUT2D eigenvalue weighted by Crippen LogP contribution is -2.31. The Morgan fingerprint density at radius 2 is 1.80 bits per heavy atom. The molecule has 2 N–H and O–H groups in total. The van der Waals surface area contributed by atoms with Crippen LogP contribution in [0.15, 0.2) is 24.5 Å². The molecule has 1 heterocycles. The Bertz CT molecular complexity index is 283.